The van der Waals surface area contributed by atoms with E-state index in [1.54, 1.807) is 4.68 Å². The Balaban J connectivity index is 2.55. The standard InChI is InChI=1S/C13H14BrN3OS/c1-8-5-3-4-6-10(8)17-13(15-11(18)7-19)12(14)9(2)16-17/h3-6,19H,7H2,1-2H3,(H,15,18). The fraction of sp³-hybridized carbons (Fsp3) is 0.231. The summed E-state index contributed by atoms with van der Waals surface area (Å²) in [6.45, 7) is 3.89. The highest BCUT2D eigenvalue weighted by molar-refractivity contribution is 9.10. The number of rotatable bonds is 3. The van der Waals surface area contributed by atoms with E-state index in [1.165, 1.54) is 0 Å². The van der Waals surface area contributed by atoms with Crippen molar-refractivity contribution in [1.29, 1.82) is 0 Å². The molecule has 100 valence electrons. The molecule has 0 aliphatic heterocycles. The lowest BCUT2D eigenvalue weighted by molar-refractivity contribution is -0.113. The molecule has 0 fully saturated rings. The summed E-state index contributed by atoms with van der Waals surface area (Å²) in [5, 5.41) is 7.27. The van der Waals surface area contributed by atoms with Crippen molar-refractivity contribution in [2.45, 2.75) is 13.8 Å². The Morgan fingerprint density at radius 3 is 2.74 bits per heavy atom. The van der Waals surface area contributed by atoms with Gasteiger partial charge >= 0.3 is 0 Å². The molecular weight excluding hydrogens is 326 g/mol. The van der Waals surface area contributed by atoms with Gasteiger partial charge in [0, 0.05) is 0 Å². The molecule has 0 saturated carbocycles. The smallest absolute Gasteiger partial charge is 0.235 e. The molecule has 1 aromatic carbocycles. The Morgan fingerprint density at radius 2 is 2.11 bits per heavy atom. The average molecular weight is 340 g/mol. The number of hydrogen-bond donors (Lipinski definition) is 2. The molecule has 4 nitrogen and oxygen atoms in total. The first-order chi connectivity index (χ1) is 9.04. The molecule has 6 heteroatoms. The number of hydrogen-bond acceptors (Lipinski definition) is 3. The highest BCUT2D eigenvalue weighted by Gasteiger charge is 2.17. The van der Waals surface area contributed by atoms with Crippen molar-refractivity contribution in [3.8, 4) is 5.69 Å². The number of carbonyl (C=O) groups excluding carboxylic acids is 1. The number of aromatic nitrogens is 2. The summed E-state index contributed by atoms with van der Waals surface area (Å²) in [6, 6.07) is 7.88. The number of nitrogens with zero attached hydrogens (tertiary/aromatic N) is 2. The van der Waals surface area contributed by atoms with Crippen LogP contribution in [0, 0.1) is 13.8 Å². The molecule has 0 bridgehead atoms. The van der Waals surface area contributed by atoms with Crippen molar-refractivity contribution in [1.82, 2.24) is 9.78 Å². The molecule has 0 spiro atoms. The minimum atomic E-state index is -0.168. The molecule has 0 aliphatic carbocycles. The summed E-state index contributed by atoms with van der Waals surface area (Å²) in [7, 11) is 0. The summed E-state index contributed by atoms with van der Waals surface area (Å²) in [5.41, 5.74) is 2.84. The number of para-hydroxylation sites is 1. The van der Waals surface area contributed by atoms with E-state index < -0.39 is 0 Å². The number of nitrogens with one attached hydrogen (secondary N) is 1. The van der Waals surface area contributed by atoms with Gasteiger partial charge in [-0.15, -0.1) is 0 Å². The lowest BCUT2D eigenvalue weighted by Crippen LogP contribution is -2.16. The molecule has 0 unspecified atom stereocenters. The zero-order valence-corrected chi connectivity index (χ0v) is 13.1. The Bertz CT molecular complexity index is 624. The molecule has 1 amide bonds. The van der Waals surface area contributed by atoms with Crippen LogP contribution < -0.4 is 5.32 Å². The third-order valence-corrected chi connectivity index (χ3v) is 3.97. The van der Waals surface area contributed by atoms with Gasteiger partial charge in [-0.05, 0) is 41.4 Å². The normalized spacial score (nSPS) is 10.5. The van der Waals surface area contributed by atoms with E-state index in [-0.39, 0.29) is 11.7 Å². The second-order valence-corrected chi connectivity index (χ2v) is 5.26. The molecule has 2 rings (SSSR count). The summed E-state index contributed by atoms with van der Waals surface area (Å²) in [5.74, 6) is 0.592. The van der Waals surface area contributed by atoms with Crippen LogP contribution in [-0.4, -0.2) is 21.4 Å². The third-order valence-electron chi connectivity index (χ3n) is 2.73. The van der Waals surface area contributed by atoms with E-state index in [0.717, 1.165) is 21.4 Å². The van der Waals surface area contributed by atoms with Gasteiger partial charge < -0.3 is 5.32 Å². The number of aryl methyl sites for hydroxylation is 2. The van der Waals surface area contributed by atoms with Crippen molar-refractivity contribution in [2.75, 3.05) is 11.1 Å². The zero-order valence-electron chi connectivity index (χ0n) is 10.6. The van der Waals surface area contributed by atoms with Gasteiger partial charge in [-0.25, -0.2) is 4.68 Å². The maximum absolute atomic E-state index is 11.6. The molecule has 1 heterocycles. The summed E-state index contributed by atoms with van der Waals surface area (Å²) >= 11 is 7.43. The Hall–Kier alpha value is -1.27. The summed E-state index contributed by atoms with van der Waals surface area (Å²) in [4.78, 5) is 11.6. The molecule has 0 aliphatic rings. The van der Waals surface area contributed by atoms with Crippen LogP contribution in [0.1, 0.15) is 11.3 Å². The van der Waals surface area contributed by atoms with Crippen molar-refractivity contribution in [3.63, 3.8) is 0 Å². The summed E-state index contributed by atoms with van der Waals surface area (Å²) < 4.78 is 2.52. The van der Waals surface area contributed by atoms with Crippen LogP contribution in [0.25, 0.3) is 5.69 Å². The van der Waals surface area contributed by atoms with E-state index in [1.807, 2.05) is 38.1 Å². The molecule has 0 saturated heterocycles. The first-order valence-corrected chi connectivity index (χ1v) is 7.19. The van der Waals surface area contributed by atoms with Crippen LogP contribution >= 0.6 is 28.6 Å². The largest absolute Gasteiger partial charge is 0.309 e. The lowest BCUT2D eigenvalue weighted by atomic mass is 10.2. The number of anilines is 1. The van der Waals surface area contributed by atoms with Crippen LogP contribution in [0.3, 0.4) is 0 Å². The highest BCUT2D eigenvalue weighted by Crippen LogP contribution is 2.29. The number of halogens is 1. The molecule has 1 aromatic heterocycles. The van der Waals surface area contributed by atoms with Gasteiger partial charge in [0.25, 0.3) is 0 Å². The molecule has 19 heavy (non-hydrogen) atoms. The van der Waals surface area contributed by atoms with Crippen molar-refractivity contribution >= 4 is 40.3 Å². The van der Waals surface area contributed by atoms with E-state index in [0.29, 0.717) is 5.82 Å². The van der Waals surface area contributed by atoms with Crippen LogP contribution in [0.5, 0.6) is 0 Å². The maximum Gasteiger partial charge on any atom is 0.235 e. The van der Waals surface area contributed by atoms with Gasteiger partial charge in [-0.2, -0.15) is 17.7 Å². The van der Waals surface area contributed by atoms with E-state index in [2.05, 4.69) is 39.0 Å². The molecule has 1 N–H and O–H groups in total. The van der Waals surface area contributed by atoms with Crippen LogP contribution in [0.4, 0.5) is 5.82 Å². The lowest BCUT2D eigenvalue weighted by Gasteiger charge is -2.10. The SMILES string of the molecule is Cc1ccccc1-n1nc(C)c(Br)c1NC(=O)CS. The van der Waals surface area contributed by atoms with Gasteiger partial charge in [0.15, 0.2) is 5.82 Å². The van der Waals surface area contributed by atoms with Crippen LogP contribution in [0.2, 0.25) is 0 Å². The van der Waals surface area contributed by atoms with Gasteiger partial charge in [-0.1, -0.05) is 18.2 Å². The number of carbonyl (C=O) groups is 1. The maximum atomic E-state index is 11.6. The minimum absolute atomic E-state index is 0.129. The molecule has 0 atom stereocenters. The van der Waals surface area contributed by atoms with Crippen LogP contribution in [-0.2, 0) is 4.79 Å². The Kier molecular flexibility index (Phi) is 4.31. The van der Waals surface area contributed by atoms with E-state index in [4.69, 9.17) is 0 Å². The number of benzene rings is 1. The molecule has 0 radical (unpaired) electrons. The fourth-order valence-electron chi connectivity index (χ4n) is 1.76. The summed E-state index contributed by atoms with van der Waals surface area (Å²) in [6.07, 6.45) is 0. The zero-order chi connectivity index (χ0) is 14.0. The van der Waals surface area contributed by atoms with Gasteiger partial charge in [0.05, 0.1) is 21.6 Å². The quantitative estimate of drug-likeness (QED) is 0.844. The Labute approximate surface area is 125 Å². The molecular formula is C13H14BrN3OS. The van der Waals surface area contributed by atoms with Crippen LogP contribution in [0.15, 0.2) is 28.7 Å². The second kappa shape index (κ2) is 5.79. The van der Waals surface area contributed by atoms with E-state index >= 15 is 0 Å². The highest BCUT2D eigenvalue weighted by atomic mass is 79.9. The predicted octanol–water partition coefficient (Wildman–Crippen LogP) is 3.12. The predicted molar refractivity (Wildman–Crippen MR) is 83.2 cm³/mol. The topological polar surface area (TPSA) is 46.9 Å². The third kappa shape index (κ3) is 2.84. The van der Waals surface area contributed by atoms with Crippen molar-refractivity contribution in [3.05, 3.63) is 40.0 Å². The van der Waals surface area contributed by atoms with Crippen molar-refractivity contribution in [2.24, 2.45) is 0 Å². The fourth-order valence-corrected chi connectivity index (χ4v) is 2.19. The number of thiol groups is 1. The first-order valence-electron chi connectivity index (χ1n) is 5.76. The first kappa shape index (κ1) is 14.1. The van der Waals surface area contributed by atoms with Crippen molar-refractivity contribution < 1.29 is 4.79 Å². The average Bonchev–Trinajstić information content (AvgIpc) is 2.67. The minimum Gasteiger partial charge on any atom is -0.309 e. The Morgan fingerprint density at radius 1 is 1.42 bits per heavy atom. The van der Waals surface area contributed by atoms with Gasteiger partial charge in [-0.3, -0.25) is 4.79 Å². The van der Waals surface area contributed by atoms with Gasteiger partial charge in [0.2, 0.25) is 5.91 Å². The van der Waals surface area contributed by atoms with E-state index in [9.17, 15) is 4.79 Å². The molecule has 2 aromatic rings. The second-order valence-electron chi connectivity index (χ2n) is 4.15. The number of amides is 1. The van der Waals surface area contributed by atoms with Gasteiger partial charge in [0.1, 0.15) is 0 Å². The monoisotopic (exact) mass is 339 g/mol.